The molecule has 2 aliphatic heterocycles. The zero-order chi connectivity index (χ0) is 25.1. The Morgan fingerprint density at radius 3 is 2.46 bits per heavy atom. The second-order valence-corrected chi connectivity index (χ2v) is 12.9. The van der Waals surface area contributed by atoms with Gasteiger partial charge in [0.05, 0.1) is 7.11 Å². The van der Waals surface area contributed by atoms with Gasteiger partial charge in [-0.05, 0) is 98.5 Å². The molecule has 194 valence electrons. The van der Waals surface area contributed by atoms with E-state index in [0.29, 0.717) is 17.6 Å². The van der Waals surface area contributed by atoms with Gasteiger partial charge in [-0.2, -0.15) is 0 Å². The first-order valence-electron chi connectivity index (χ1n) is 14.3. The van der Waals surface area contributed by atoms with Crippen LogP contribution in [0.25, 0.3) is 6.08 Å². The van der Waals surface area contributed by atoms with Crippen molar-refractivity contribution in [3.05, 3.63) is 69.6 Å². The average molecular weight is 499 g/mol. The molecular formula is C32H38N2O3. The number of ketones is 1. The third-order valence-electron chi connectivity index (χ3n) is 10.2. The average Bonchev–Trinajstić information content (AvgIpc) is 2.87. The van der Waals surface area contributed by atoms with Gasteiger partial charge >= 0.3 is 0 Å². The minimum atomic E-state index is -0.0790. The lowest BCUT2D eigenvalue weighted by atomic mass is 9.48. The Balaban J connectivity index is 1.08. The van der Waals surface area contributed by atoms with Crippen LogP contribution in [-0.2, 0) is 17.9 Å². The van der Waals surface area contributed by atoms with Gasteiger partial charge in [-0.15, -0.1) is 0 Å². The van der Waals surface area contributed by atoms with E-state index in [9.17, 15) is 9.59 Å². The Morgan fingerprint density at radius 2 is 1.73 bits per heavy atom. The second kappa shape index (κ2) is 8.97. The van der Waals surface area contributed by atoms with Gasteiger partial charge in [-0.1, -0.05) is 18.2 Å². The number of hydrogen-bond donors (Lipinski definition) is 0. The van der Waals surface area contributed by atoms with Crippen molar-refractivity contribution in [1.82, 2.24) is 9.47 Å². The fourth-order valence-corrected chi connectivity index (χ4v) is 9.15. The third-order valence-corrected chi connectivity index (χ3v) is 10.2. The number of fused-ring (bicyclic) bond motifs is 4. The van der Waals surface area contributed by atoms with E-state index in [-0.39, 0.29) is 11.0 Å². The van der Waals surface area contributed by atoms with Gasteiger partial charge in [0, 0.05) is 54.8 Å². The highest BCUT2D eigenvalue weighted by Crippen LogP contribution is 2.60. The summed E-state index contributed by atoms with van der Waals surface area (Å²) in [5, 5.41) is 0. The van der Waals surface area contributed by atoms with E-state index in [1.54, 1.807) is 13.2 Å². The smallest absolute Gasteiger partial charge is 0.250 e. The summed E-state index contributed by atoms with van der Waals surface area (Å²) >= 11 is 0. The molecule has 5 fully saturated rings. The van der Waals surface area contributed by atoms with Crippen molar-refractivity contribution >= 4 is 11.9 Å². The molecule has 5 nitrogen and oxygen atoms in total. The van der Waals surface area contributed by atoms with Crippen molar-refractivity contribution in [2.24, 2.45) is 29.1 Å². The first-order valence-corrected chi connectivity index (χ1v) is 14.3. The Hall–Kier alpha value is -2.66. The van der Waals surface area contributed by atoms with E-state index in [4.69, 9.17) is 4.74 Å². The van der Waals surface area contributed by atoms with Crippen LogP contribution in [0, 0.1) is 29.1 Å². The quantitative estimate of drug-likeness (QED) is 0.509. The maximum absolute atomic E-state index is 13.5. The number of benzene rings is 1. The zero-order valence-electron chi connectivity index (χ0n) is 21.9. The van der Waals surface area contributed by atoms with Gasteiger partial charge in [-0.3, -0.25) is 14.5 Å². The van der Waals surface area contributed by atoms with Crippen LogP contribution in [0.15, 0.2) is 47.3 Å². The topological polar surface area (TPSA) is 51.5 Å². The van der Waals surface area contributed by atoms with Gasteiger partial charge in [0.25, 0.3) is 5.56 Å². The van der Waals surface area contributed by atoms with Gasteiger partial charge in [0.1, 0.15) is 5.75 Å². The highest BCUT2D eigenvalue weighted by atomic mass is 16.5. The number of allylic oxidation sites excluding steroid dienone is 1. The molecule has 0 amide bonds. The molecule has 6 aliphatic rings. The second-order valence-electron chi connectivity index (χ2n) is 12.9. The number of carbonyl (C=O) groups is 1. The highest BCUT2D eigenvalue weighted by Gasteiger charge is 2.53. The van der Waals surface area contributed by atoms with Crippen LogP contribution < -0.4 is 10.3 Å². The summed E-state index contributed by atoms with van der Waals surface area (Å²) in [5.74, 6) is 4.51. The molecule has 1 saturated heterocycles. The molecule has 0 N–H and O–H groups in total. The van der Waals surface area contributed by atoms with Crippen LogP contribution in [0.4, 0.5) is 0 Å². The third kappa shape index (κ3) is 4.20. The largest absolute Gasteiger partial charge is 0.496 e. The summed E-state index contributed by atoms with van der Waals surface area (Å²) in [4.78, 5) is 28.4. The molecule has 4 saturated carbocycles. The number of likely N-dealkylation sites (tertiary alicyclic amines) is 1. The SMILES string of the molecule is COc1ccc(C=CC(=O)C23CC4CC(CC(C4)C2)C3)cc1CN1CC2C[C@@H](C1)c1cccc(=O)n1C2. The predicted octanol–water partition coefficient (Wildman–Crippen LogP) is 5.27. The molecule has 1 aromatic carbocycles. The number of pyridine rings is 1. The van der Waals surface area contributed by atoms with Crippen molar-refractivity contribution in [2.75, 3.05) is 20.2 Å². The Morgan fingerprint density at radius 1 is 0.973 bits per heavy atom. The molecule has 1 unspecified atom stereocenters. The molecule has 2 atom stereocenters. The number of carbonyl (C=O) groups excluding carboxylic acids is 1. The molecule has 4 aliphatic carbocycles. The molecule has 0 spiro atoms. The van der Waals surface area contributed by atoms with Crippen LogP contribution in [0.1, 0.15) is 67.7 Å². The molecule has 8 rings (SSSR count). The van der Waals surface area contributed by atoms with Gasteiger partial charge in [0.15, 0.2) is 5.78 Å². The van der Waals surface area contributed by atoms with E-state index in [0.717, 1.165) is 86.5 Å². The normalized spacial score (nSPS) is 34.0. The fraction of sp³-hybridized carbons (Fsp3) is 0.562. The standard InChI is InChI=1S/C32H38N2O3/c1-37-29-7-5-21(6-8-30(35)32-14-22-9-23(15-32)11-24(10-22)16-32)12-27(29)20-33-17-25-13-26(19-33)28-3-2-4-31(36)34(28)18-25/h2-8,12,22-26H,9-11,13-20H2,1H3/t22?,23?,24?,25?,26-,32?/m0/s1. The lowest BCUT2D eigenvalue weighted by Crippen LogP contribution is -2.49. The van der Waals surface area contributed by atoms with Crippen LogP contribution in [0.2, 0.25) is 0 Å². The van der Waals surface area contributed by atoms with Crippen molar-refractivity contribution in [1.29, 1.82) is 0 Å². The molecule has 2 aromatic rings. The summed E-state index contributed by atoms with van der Waals surface area (Å²) in [5.41, 5.74) is 3.47. The molecular weight excluding hydrogens is 460 g/mol. The summed E-state index contributed by atoms with van der Waals surface area (Å²) in [6.45, 7) is 3.57. The first-order chi connectivity index (χ1) is 18.0. The van der Waals surface area contributed by atoms with E-state index in [2.05, 4.69) is 23.1 Å². The summed E-state index contributed by atoms with van der Waals surface area (Å²) in [6.07, 6.45) is 12.5. The predicted molar refractivity (Wildman–Crippen MR) is 144 cm³/mol. The van der Waals surface area contributed by atoms with Gasteiger partial charge in [-0.25, -0.2) is 0 Å². The number of hydrogen-bond acceptors (Lipinski definition) is 4. The van der Waals surface area contributed by atoms with Gasteiger partial charge in [0.2, 0.25) is 0 Å². The van der Waals surface area contributed by atoms with Crippen LogP contribution in [0.5, 0.6) is 5.75 Å². The lowest BCUT2D eigenvalue weighted by molar-refractivity contribution is -0.138. The summed E-state index contributed by atoms with van der Waals surface area (Å²) < 4.78 is 7.72. The van der Waals surface area contributed by atoms with E-state index in [1.165, 1.54) is 25.0 Å². The molecule has 6 bridgehead atoms. The lowest BCUT2D eigenvalue weighted by Gasteiger charge is -2.55. The van der Waals surface area contributed by atoms with E-state index >= 15 is 0 Å². The minimum Gasteiger partial charge on any atom is -0.496 e. The summed E-state index contributed by atoms with van der Waals surface area (Å²) in [7, 11) is 1.73. The monoisotopic (exact) mass is 498 g/mol. The zero-order valence-corrected chi connectivity index (χ0v) is 21.9. The van der Waals surface area contributed by atoms with Crippen molar-refractivity contribution < 1.29 is 9.53 Å². The van der Waals surface area contributed by atoms with Crippen molar-refractivity contribution in [3.8, 4) is 5.75 Å². The summed E-state index contributed by atoms with van der Waals surface area (Å²) in [6, 6.07) is 12.0. The number of rotatable bonds is 6. The molecule has 1 aromatic heterocycles. The molecule has 37 heavy (non-hydrogen) atoms. The van der Waals surface area contributed by atoms with Crippen LogP contribution in [-0.4, -0.2) is 35.4 Å². The van der Waals surface area contributed by atoms with E-state index in [1.807, 2.05) is 28.9 Å². The van der Waals surface area contributed by atoms with Crippen LogP contribution in [0.3, 0.4) is 0 Å². The van der Waals surface area contributed by atoms with Crippen LogP contribution >= 0.6 is 0 Å². The molecule has 3 heterocycles. The van der Waals surface area contributed by atoms with Crippen molar-refractivity contribution in [2.45, 2.75) is 64.0 Å². The number of piperidine rings is 1. The highest BCUT2D eigenvalue weighted by molar-refractivity contribution is 5.98. The Kier molecular flexibility index (Phi) is 5.69. The number of ether oxygens (including phenoxy) is 1. The fourth-order valence-electron chi connectivity index (χ4n) is 9.15. The van der Waals surface area contributed by atoms with Crippen molar-refractivity contribution in [3.63, 3.8) is 0 Å². The Labute approximate surface area is 219 Å². The molecule has 5 heteroatoms. The maximum atomic E-state index is 13.5. The van der Waals surface area contributed by atoms with E-state index < -0.39 is 0 Å². The molecule has 0 radical (unpaired) electrons. The maximum Gasteiger partial charge on any atom is 0.250 e. The number of nitrogens with zero attached hydrogens (tertiary/aromatic N) is 2. The van der Waals surface area contributed by atoms with Gasteiger partial charge < -0.3 is 9.30 Å². The minimum absolute atomic E-state index is 0.0790. The first kappa shape index (κ1) is 23.5. The number of aromatic nitrogens is 1. The Bertz CT molecular complexity index is 1270. The number of methoxy groups -OCH3 is 1.